The lowest BCUT2D eigenvalue weighted by molar-refractivity contribution is -0.139. The molecule has 0 aliphatic heterocycles. The van der Waals surface area contributed by atoms with Gasteiger partial charge in [-0.3, -0.25) is 14.4 Å². The van der Waals surface area contributed by atoms with E-state index in [0.717, 1.165) is 17.7 Å². The minimum absolute atomic E-state index is 0.0642. The number of carboxylic acids is 1. The van der Waals surface area contributed by atoms with Crippen LogP contribution in [0.15, 0.2) is 36.7 Å². The van der Waals surface area contributed by atoms with E-state index in [-0.39, 0.29) is 12.6 Å². The fourth-order valence-electron chi connectivity index (χ4n) is 2.39. The maximum atomic E-state index is 12.6. The van der Waals surface area contributed by atoms with Crippen molar-refractivity contribution >= 4 is 5.97 Å². The molecule has 2 rings (SSSR count). The summed E-state index contributed by atoms with van der Waals surface area (Å²) >= 11 is 0. The van der Waals surface area contributed by atoms with Gasteiger partial charge in [0.25, 0.3) is 0 Å². The molecule has 5 nitrogen and oxygen atoms in total. The summed E-state index contributed by atoms with van der Waals surface area (Å²) in [6.07, 6.45) is -0.932. The molecule has 8 heteroatoms. The molecule has 0 saturated carbocycles. The molecule has 0 radical (unpaired) electrons. The molecule has 0 aliphatic carbocycles. The van der Waals surface area contributed by atoms with Crippen LogP contribution in [0.5, 0.6) is 0 Å². The molecule has 1 N–H and O–H groups in total. The first kappa shape index (κ1) is 19.0. The van der Waals surface area contributed by atoms with Gasteiger partial charge in [0.05, 0.1) is 24.8 Å². The fraction of sp³-hybridized carbons (Fsp3) is 0.412. The third-order valence-electron chi connectivity index (χ3n) is 3.77. The van der Waals surface area contributed by atoms with E-state index in [9.17, 15) is 18.0 Å². The van der Waals surface area contributed by atoms with E-state index in [0.29, 0.717) is 18.7 Å². The van der Waals surface area contributed by atoms with Crippen LogP contribution in [0, 0.1) is 0 Å². The van der Waals surface area contributed by atoms with E-state index >= 15 is 0 Å². The van der Waals surface area contributed by atoms with Crippen molar-refractivity contribution in [1.29, 1.82) is 0 Å². The van der Waals surface area contributed by atoms with Gasteiger partial charge in [0.1, 0.15) is 0 Å². The first-order chi connectivity index (χ1) is 11.6. The van der Waals surface area contributed by atoms with E-state index in [1.165, 1.54) is 12.1 Å². The van der Waals surface area contributed by atoms with Crippen molar-refractivity contribution in [2.24, 2.45) is 0 Å². The quantitative estimate of drug-likeness (QED) is 0.828. The van der Waals surface area contributed by atoms with Gasteiger partial charge in [-0.25, -0.2) is 0 Å². The highest BCUT2D eigenvalue weighted by Crippen LogP contribution is 2.29. The number of carbonyl (C=O) groups is 1. The number of benzene rings is 1. The second-order valence-electron chi connectivity index (χ2n) is 6.13. The molecular formula is C17H20F3N3O2. The van der Waals surface area contributed by atoms with Crippen LogP contribution < -0.4 is 0 Å². The summed E-state index contributed by atoms with van der Waals surface area (Å²) in [6, 6.07) is 5.01. The maximum Gasteiger partial charge on any atom is 0.416 e. The summed E-state index contributed by atoms with van der Waals surface area (Å²) in [6.45, 7) is 4.54. The average molecular weight is 355 g/mol. The van der Waals surface area contributed by atoms with Gasteiger partial charge in [-0.1, -0.05) is 12.1 Å². The van der Waals surface area contributed by atoms with Crippen molar-refractivity contribution in [3.8, 4) is 0 Å². The molecule has 0 saturated heterocycles. The highest BCUT2D eigenvalue weighted by atomic mass is 19.4. The summed E-state index contributed by atoms with van der Waals surface area (Å²) in [7, 11) is 0. The molecule has 0 spiro atoms. The Morgan fingerprint density at radius 3 is 2.40 bits per heavy atom. The molecule has 25 heavy (non-hydrogen) atoms. The first-order valence-corrected chi connectivity index (χ1v) is 7.78. The second-order valence-corrected chi connectivity index (χ2v) is 6.13. The second kappa shape index (κ2) is 7.69. The summed E-state index contributed by atoms with van der Waals surface area (Å²) < 4.78 is 39.3. The highest BCUT2D eigenvalue weighted by molar-refractivity contribution is 5.69. The zero-order chi connectivity index (χ0) is 18.6. The molecular weight excluding hydrogens is 335 g/mol. The van der Waals surface area contributed by atoms with E-state index < -0.39 is 17.7 Å². The Bertz CT molecular complexity index is 709. The normalized spacial score (nSPS) is 12.1. The number of alkyl halides is 3. The Morgan fingerprint density at radius 1 is 1.24 bits per heavy atom. The molecule has 1 aromatic heterocycles. The number of aromatic nitrogens is 2. The Balaban J connectivity index is 2.02. The molecule has 0 unspecified atom stereocenters. The van der Waals surface area contributed by atoms with E-state index in [2.05, 4.69) is 5.10 Å². The van der Waals surface area contributed by atoms with Crippen molar-refractivity contribution in [2.75, 3.05) is 6.54 Å². The van der Waals surface area contributed by atoms with Gasteiger partial charge >= 0.3 is 12.1 Å². The predicted octanol–water partition coefficient (Wildman–Crippen LogP) is 3.25. The number of hydrogen-bond donors (Lipinski definition) is 1. The smallest absolute Gasteiger partial charge is 0.416 e. The summed E-state index contributed by atoms with van der Waals surface area (Å²) in [5, 5.41) is 13.1. The molecule has 0 bridgehead atoms. The van der Waals surface area contributed by atoms with Gasteiger partial charge in [0.2, 0.25) is 0 Å². The molecule has 1 heterocycles. The van der Waals surface area contributed by atoms with Crippen LogP contribution in [-0.2, 0) is 24.1 Å². The van der Waals surface area contributed by atoms with Crippen molar-refractivity contribution in [1.82, 2.24) is 14.7 Å². The predicted molar refractivity (Wildman–Crippen MR) is 86.0 cm³/mol. The SMILES string of the molecule is CC(C)N(CC(=O)O)Cc1cnn(Cc2ccc(C(F)(F)F)cc2)c1. The van der Waals surface area contributed by atoms with E-state index in [1.807, 2.05) is 13.8 Å². The molecule has 136 valence electrons. The lowest BCUT2D eigenvalue weighted by Crippen LogP contribution is -2.34. The van der Waals surface area contributed by atoms with Crippen LogP contribution in [0.25, 0.3) is 0 Å². The van der Waals surface area contributed by atoms with Gasteiger partial charge in [-0.15, -0.1) is 0 Å². The van der Waals surface area contributed by atoms with Crippen molar-refractivity contribution in [3.63, 3.8) is 0 Å². The van der Waals surface area contributed by atoms with Crippen LogP contribution in [0.2, 0.25) is 0 Å². The summed E-state index contributed by atoms with van der Waals surface area (Å²) in [4.78, 5) is 12.7. The summed E-state index contributed by atoms with van der Waals surface area (Å²) in [5.74, 6) is -0.897. The zero-order valence-corrected chi connectivity index (χ0v) is 14.0. The zero-order valence-electron chi connectivity index (χ0n) is 14.0. The van der Waals surface area contributed by atoms with Crippen LogP contribution in [0.1, 0.15) is 30.5 Å². The highest BCUT2D eigenvalue weighted by Gasteiger charge is 2.29. The Kier molecular flexibility index (Phi) is 5.84. The minimum atomic E-state index is -4.35. The molecule has 1 aromatic carbocycles. The van der Waals surface area contributed by atoms with Crippen LogP contribution >= 0.6 is 0 Å². The van der Waals surface area contributed by atoms with E-state index in [1.54, 1.807) is 22.0 Å². The number of aliphatic carboxylic acids is 1. The lowest BCUT2D eigenvalue weighted by Gasteiger charge is -2.23. The number of hydrogen-bond acceptors (Lipinski definition) is 3. The molecule has 0 atom stereocenters. The topological polar surface area (TPSA) is 58.4 Å². The lowest BCUT2D eigenvalue weighted by atomic mass is 10.1. The third-order valence-corrected chi connectivity index (χ3v) is 3.77. The van der Waals surface area contributed by atoms with Crippen LogP contribution in [-0.4, -0.2) is 38.3 Å². The minimum Gasteiger partial charge on any atom is -0.480 e. The standard InChI is InChI=1S/C17H20F3N3O2/c1-12(2)22(11-16(24)25)8-14-7-21-23(10-14)9-13-3-5-15(6-4-13)17(18,19)20/h3-7,10,12H,8-9,11H2,1-2H3,(H,24,25). The largest absolute Gasteiger partial charge is 0.480 e. The first-order valence-electron chi connectivity index (χ1n) is 7.78. The Morgan fingerprint density at radius 2 is 1.88 bits per heavy atom. The van der Waals surface area contributed by atoms with Crippen LogP contribution in [0.3, 0.4) is 0 Å². The van der Waals surface area contributed by atoms with Gasteiger partial charge in [0, 0.05) is 24.3 Å². The Labute approximate surface area is 143 Å². The summed E-state index contributed by atoms with van der Waals surface area (Å²) in [5.41, 5.74) is 0.870. The van der Waals surface area contributed by atoms with Gasteiger partial charge in [-0.05, 0) is 31.5 Å². The fourth-order valence-corrected chi connectivity index (χ4v) is 2.39. The molecule has 0 amide bonds. The van der Waals surface area contributed by atoms with Gasteiger partial charge in [-0.2, -0.15) is 18.3 Å². The van der Waals surface area contributed by atoms with Crippen molar-refractivity contribution in [3.05, 3.63) is 53.3 Å². The van der Waals surface area contributed by atoms with Crippen molar-refractivity contribution < 1.29 is 23.1 Å². The number of halogens is 3. The third kappa shape index (κ3) is 5.60. The van der Waals surface area contributed by atoms with Crippen LogP contribution in [0.4, 0.5) is 13.2 Å². The number of carboxylic acid groups (broad SMARTS) is 1. The van der Waals surface area contributed by atoms with Crippen molar-refractivity contribution in [2.45, 2.75) is 39.2 Å². The van der Waals surface area contributed by atoms with Gasteiger partial charge < -0.3 is 5.11 Å². The van der Waals surface area contributed by atoms with E-state index in [4.69, 9.17) is 5.11 Å². The molecule has 0 aliphatic rings. The Hall–Kier alpha value is -2.35. The monoisotopic (exact) mass is 355 g/mol. The average Bonchev–Trinajstić information content (AvgIpc) is 2.93. The number of rotatable bonds is 7. The number of nitrogens with zero attached hydrogens (tertiary/aromatic N) is 3. The molecule has 0 fully saturated rings. The maximum absolute atomic E-state index is 12.6. The van der Waals surface area contributed by atoms with Gasteiger partial charge in [0.15, 0.2) is 0 Å². The molecule has 2 aromatic rings.